The maximum Gasteiger partial charge on any atom is 0.357 e. The molecule has 1 unspecified atom stereocenters. The van der Waals surface area contributed by atoms with Gasteiger partial charge in [-0.3, -0.25) is 0 Å². The van der Waals surface area contributed by atoms with Crippen molar-refractivity contribution < 1.29 is 14.3 Å². The molecule has 76 valence electrons. The van der Waals surface area contributed by atoms with Crippen LogP contribution in [0.25, 0.3) is 0 Å². The lowest BCUT2D eigenvalue weighted by atomic mass is 10.1. The second kappa shape index (κ2) is 4.06. The lowest BCUT2D eigenvalue weighted by molar-refractivity contribution is 0.0593. The molecule has 0 amide bonds. The zero-order valence-corrected chi connectivity index (χ0v) is 8.67. The Bertz CT molecular complexity index is 331. The molecule has 0 radical (unpaired) electrons. The summed E-state index contributed by atoms with van der Waals surface area (Å²) in [6.45, 7) is 1.45. The molecule has 0 spiro atoms. The standard InChI is InChI=1S/C9H11NO3S/c1-12-9(11)7-8(14-5-10-7)6-2-3-13-4-6/h5-6H,2-4H2,1H3. The second-order valence-electron chi connectivity index (χ2n) is 3.12. The molecule has 1 aliphatic rings. The fraction of sp³-hybridized carbons (Fsp3) is 0.556. The van der Waals surface area contributed by atoms with Crippen LogP contribution in [0.5, 0.6) is 0 Å². The molecule has 0 aromatic carbocycles. The number of carbonyl (C=O) groups is 1. The molecule has 1 fully saturated rings. The quantitative estimate of drug-likeness (QED) is 0.697. The van der Waals surface area contributed by atoms with Crippen LogP contribution in [0.1, 0.15) is 27.7 Å². The Morgan fingerprint density at radius 1 is 1.79 bits per heavy atom. The van der Waals surface area contributed by atoms with Crippen LogP contribution >= 0.6 is 11.3 Å². The highest BCUT2D eigenvalue weighted by Gasteiger charge is 2.26. The van der Waals surface area contributed by atoms with Gasteiger partial charge >= 0.3 is 5.97 Å². The molecule has 2 heterocycles. The maximum absolute atomic E-state index is 11.3. The van der Waals surface area contributed by atoms with Crippen LogP contribution in [-0.4, -0.2) is 31.3 Å². The molecule has 14 heavy (non-hydrogen) atoms. The minimum absolute atomic E-state index is 0.316. The highest BCUT2D eigenvalue weighted by atomic mass is 32.1. The van der Waals surface area contributed by atoms with E-state index in [0.717, 1.165) is 17.9 Å². The van der Waals surface area contributed by atoms with Gasteiger partial charge in [0.15, 0.2) is 5.69 Å². The summed E-state index contributed by atoms with van der Waals surface area (Å²) in [6, 6.07) is 0. The van der Waals surface area contributed by atoms with Gasteiger partial charge in [-0.2, -0.15) is 0 Å². The SMILES string of the molecule is COC(=O)c1ncsc1C1CCOC1. The second-order valence-corrected chi connectivity index (χ2v) is 4.00. The van der Waals surface area contributed by atoms with Gasteiger partial charge < -0.3 is 9.47 Å². The van der Waals surface area contributed by atoms with Crippen LogP contribution in [0.3, 0.4) is 0 Å². The summed E-state index contributed by atoms with van der Waals surface area (Å²) in [5.41, 5.74) is 2.13. The third kappa shape index (κ3) is 1.65. The highest BCUT2D eigenvalue weighted by molar-refractivity contribution is 7.10. The van der Waals surface area contributed by atoms with Crippen molar-refractivity contribution >= 4 is 17.3 Å². The first-order chi connectivity index (χ1) is 6.83. The Kier molecular flexibility index (Phi) is 2.79. The molecule has 1 atom stereocenters. The number of rotatable bonds is 2. The first-order valence-electron chi connectivity index (χ1n) is 4.42. The van der Waals surface area contributed by atoms with Crippen molar-refractivity contribution in [2.75, 3.05) is 20.3 Å². The number of ether oxygens (including phenoxy) is 2. The zero-order chi connectivity index (χ0) is 9.97. The molecule has 1 saturated heterocycles. The van der Waals surface area contributed by atoms with Crippen LogP contribution in [0.2, 0.25) is 0 Å². The minimum Gasteiger partial charge on any atom is -0.464 e. The van der Waals surface area contributed by atoms with Gasteiger partial charge in [0.05, 0.1) is 19.2 Å². The summed E-state index contributed by atoms with van der Waals surface area (Å²) in [7, 11) is 1.37. The van der Waals surface area contributed by atoms with Gasteiger partial charge in [0, 0.05) is 17.4 Å². The normalized spacial score (nSPS) is 21.1. The Hall–Kier alpha value is -0.940. The van der Waals surface area contributed by atoms with E-state index in [2.05, 4.69) is 9.72 Å². The van der Waals surface area contributed by atoms with Crippen molar-refractivity contribution in [2.24, 2.45) is 0 Å². The maximum atomic E-state index is 11.3. The fourth-order valence-electron chi connectivity index (χ4n) is 1.54. The summed E-state index contributed by atoms with van der Waals surface area (Å²) in [4.78, 5) is 16.3. The molecule has 0 bridgehead atoms. The average molecular weight is 213 g/mol. The van der Waals surface area contributed by atoms with E-state index in [1.807, 2.05) is 0 Å². The molecule has 0 aliphatic carbocycles. The highest BCUT2D eigenvalue weighted by Crippen LogP contribution is 2.30. The molecule has 5 heteroatoms. The van der Waals surface area contributed by atoms with E-state index in [4.69, 9.17) is 4.74 Å². The van der Waals surface area contributed by atoms with Crippen molar-refractivity contribution in [1.29, 1.82) is 0 Å². The number of thiazole rings is 1. The van der Waals surface area contributed by atoms with Crippen LogP contribution < -0.4 is 0 Å². The number of carbonyl (C=O) groups excluding carboxylic acids is 1. The molecule has 1 aliphatic heterocycles. The molecule has 0 N–H and O–H groups in total. The van der Waals surface area contributed by atoms with Crippen molar-refractivity contribution in [1.82, 2.24) is 4.98 Å². The fourth-order valence-corrected chi connectivity index (χ4v) is 2.43. The van der Waals surface area contributed by atoms with E-state index in [9.17, 15) is 4.79 Å². The first kappa shape index (κ1) is 9.61. The molecule has 2 rings (SSSR count). The number of hydrogen-bond acceptors (Lipinski definition) is 5. The number of aromatic nitrogens is 1. The topological polar surface area (TPSA) is 48.4 Å². The number of nitrogens with zero attached hydrogens (tertiary/aromatic N) is 1. The Balaban J connectivity index is 2.24. The lowest BCUT2D eigenvalue weighted by Gasteiger charge is -2.05. The van der Waals surface area contributed by atoms with E-state index >= 15 is 0 Å². The minimum atomic E-state index is -0.354. The molecule has 0 saturated carbocycles. The van der Waals surface area contributed by atoms with Gasteiger partial charge in [0.1, 0.15) is 0 Å². The molecular formula is C9H11NO3S. The summed E-state index contributed by atoms with van der Waals surface area (Å²) in [5, 5.41) is 0. The summed E-state index contributed by atoms with van der Waals surface area (Å²) in [5.74, 6) is -0.0373. The van der Waals surface area contributed by atoms with Crippen LogP contribution in [0, 0.1) is 0 Å². The summed E-state index contributed by atoms with van der Waals surface area (Å²) < 4.78 is 9.94. The van der Waals surface area contributed by atoms with Crippen molar-refractivity contribution in [3.05, 3.63) is 16.1 Å². The van der Waals surface area contributed by atoms with Crippen LogP contribution in [-0.2, 0) is 9.47 Å². The van der Waals surface area contributed by atoms with Gasteiger partial charge in [-0.05, 0) is 6.42 Å². The lowest BCUT2D eigenvalue weighted by Crippen LogP contribution is -2.07. The molecule has 1 aromatic rings. The average Bonchev–Trinajstić information content (AvgIpc) is 2.85. The third-order valence-electron chi connectivity index (χ3n) is 2.27. The van der Waals surface area contributed by atoms with Gasteiger partial charge in [-0.25, -0.2) is 9.78 Å². The van der Waals surface area contributed by atoms with Gasteiger partial charge in [-0.15, -0.1) is 11.3 Å². The Morgan fingerprint density at radius 3 is 3.29 bits per heavy atom. The summed E-state index contributed by atoms with van der Waals surface area (Å²) in [6.07, 6.45) is 0.964. The Labute approximate surface area is 85.9 Å². The predicted octanol–water partition coefficient (Wildman–Crippen LogP) is 1.43. The third-order valence-corrected chi connectivity index (χ3v) is 3.27. The van der Waals surface area contributed by atoms with Crippen molar-refractivity contribution in [2.45, 2.75) is 12.3 Å². The monoisotopic (exact) mass is 213 g/mol. The van der Waals surface area contributed by atoms with Gasteiger partial charge in [0.2, 0.25) is 0 Å². The Morgan fingerprint density at radius 2 is 2.64 bits per heavy atom. The van der Waals surface area contributed by atoms with Gasteiger partial charge in [-0.1, -0.05) is 0 Å². The van der Waals surface area contributed by atoms with Crippen LogP contribution in [0.15, 0.2) is 5.51 Å². The molecule has 1 aromatic heterocycles. The van der Waals surface area contributed by atoms with E-state index in [-0.39, 0.29) is 5.97 Å². The van der Waals surface area contributed by atoms with E-state index < -0.39 is 0 Å². The van der Waals surface area contributed by atoms with Crippen LogP contribution in [0.4, 0.5) is 0 Å². The van der Waals surface area contributed by atoms with E-state index in [1.165, 1.54) is 18.4 Å². The number of esters is 1. The molecule has 4 nitrogen and oxygen atoms in total. The zero-order valence-electron chi connectivity index (χ0n) is 7.86. The van der Waals surface area contributed by atoms with Crippen molar-refractivity contribution in [3.8, 4) is 0 Å². The summed E-state index contributed by atoms with van der Waals surface area (Å²) >= 11 is 1.50. The van der Waals surface area contributed by atoms with Crippen molar-refractivity contribution in [3.63, 3.8) is 0 Å². The largest absolute Gasteiger partial charge is 0.464 e. The first-order valence-corrected chi connectivity index (χ1v) is 5.30. The smallest absolute Gasteiger partial charge is 0.357 e. The number of hydrogen-bond donors (Lipinski definition) is 0. The molecular weight excluding hydrogens is 202 g/mol. The van der Waals surface area contributed by atoms with E-state index in [1.54, 1.807) is 5.51 Å². The van der Waals surface area contributed by atoms with Gasteiger partial charge in [0.25, 0.3) is 0 Å². The van der Waals surface area contributed by atoms with E-state index in [0.29, 0.717) is 18.2 Å². The predicted molar refractivity (Wildman–Crippen MR) is 51.6 cm³/mol. The number of methoxy groups -OCH3 is 1.